The number of hydrogen-bond donors (Lipinski definition) is 2. The summed E-state index contributed by atoms with van der Waals surface area (Å²) in [4.78, 5) is 18.2. The van der Waals surface area contributed by atoms with Gasteiger partial charge in [0.15, 0.2) is 0 Å². The summed E-state index contributed by atoms with van der Waals surface area (Å²) in [5, 5.41) is 8.55. The number of hydroxylamine groups is 1. The van der Waals surface area contributed by atoms with Crippen LogP contribution >= 0.6 is 0 Å². The highest BCUT2D eigenvalue weighted by Gasteiger charge is 2.26. The second-order valence-electron chi connectivity index (χ2n) is 7.35. The summed E-state index contributed by atoms with van der Waals surface area (Å²) in [7, 11) is 0. The molecule has 5 nitrogen and oxygen atoms in total. The first-order valence-corrected chi connectivity index (χ1v) is 9.84. The molecular weight excluding hydrogens is 350 g/mol. The number of carbonyl (C=O) groups is 1. The van der Waals surface area contributed by atoms with Gasteiger partial charge in [-0.25, -0.2) is 5.48 Å². The predicted molar refractivity (Wildman–Crippen MR) is 109 cm³/mol. The molecule has 2 aromatic rings. The summed E-state index contributed by atoms with van der Waals surface area (Å²) in [6, 6.07) is 13.0. The third kappa shape index (κ3) is 4.06. The van der Waals surface area contributed by atoms with Crippen LogP contribution in [0.4, 0.5) is 0 Å². The van der Waals surface area contributed by atoms with Crippen molar-refractivity contribution in [3.63, 3.8) is 0 Å². The van der Waals surface area contributed by atoms with Gasteiger partial charge in [-0.05, 0) is 60.2 Å². The molecule has 1 fully saturated rings. The molecule has 1 aromatic heterocycles. The summed E-state index contributed by atoms with van der Waals surface area (Å²) < 4.78 is 0. The van der Waals surface area contributed by atoms with Gasteiger partial charge in [0.1, 0.15) is 0 Å². The largest absolute Gasteiger partial charge is 0.296 e. The molecule has 1 saturated heterocycles. The molecule has 144 valence electrons. The van der Waals surface area contributed by atoms with Crippen molar-refractivity contribution in [2.24, 2.45) is 0 Å². The van der Waals surface area contributed by atoms with Crippen LogP contribution in [0.5, 0.6) is 0 Å². The molecule has 0 bridgehead atoms. The van der Waals surface area contributed by atoms with Crippen molar-refractivity contribution in [2.75, 3.05) is 13.1 Å². The summed E-state index contributed by atoms with van der Waals surface area (Å²) in [5.41, 5.74) is 7.81. The van der Waals surface area contributed by atoms with Crippen LogP contribution in [0.2, 0.25) is 0 Å². The lowest BCUT2D eigenvalue weighted by Gasteiger charge is -2.25. The minimum atomic E-state index is -0.524. The third-order valence-electron chi connectivity index (χ3n) is 5.67. The molecule has 0 radical (unpaired) electrons. The quantitative estimate of drug-likeness (QED) is 0.458. The zero-order valence-electron chi connectivity index (χ0n) is 15.8. The third-order valence-corrected chi connectivity index (χ3v) is 5.67. The number of allylic oxidation sites excluding steroid dienone is 1. The van der Waals surface area contributed by atoms with Gasteiger partial charge < -0.3 is 0 Å². The molecule has 0 spiro atoms. The number of benzene rings is 1. The van der Waals surface area contributed by atoms with Gasteiger partial charge in [0.05, 0.1) is 5.69 Å². The molecule has 2 aliphatic rings. The van der Waals surface area contributed by atoms with E-state index >= 15 is 0 Å². The average molecular weight is 375 g/mol. The van der Waals surface area contributed by atoms with E-state index in [4.69, 9.17) is 5.21 Å². The molecule has 1 aliphatic carbocycles. The van der Waals surface area contributed by atoms with E-state index in [0.29, 0.717) is 6.04 Å². The SMILES string of the molecule is O=C(/C=C/c1ccc([C@@H]2CCCN2CCC2=CCc3ncccc32)cc1)NO. The Bertz CT molecular complexity index is 902. The van der Waals surface area contributed by atoms with Gasteiger partial charge in [-0.1, -0.05) is 36.4 Å². The van der Waals surface area contributed by atoms with Crippen molar-refractivity contribution in [3.05, 3.63) is 77.1 Å². The van der Waals surface area contributed by atoms with Gasteiger partial charge in [-0.2, -0.15) is 0 Å². The standard InChI is InChI=1S/C23H25N3O2/c27-23(25-28)12-7-17-5-8-19(9-6-17)22-4-2-15-26(22)16-13-18-10-11-21-20(18)3-1-14-24-21/h1,3,5-10,12,14,22,28H,2,4,11,13,15-16H2,(H,25,27)/b12-7+/t22-/m0/s1. The van der Waals surface area contributed by atoms with Crippen LogP contribution < -0.4 is 5.48 Å². The number of nitrogens with one attached hydrogen (secondary N) is 1. The molecule has 0 saturated carbocycles. The molecule has 4 rings (SSSR count). The Morgan fingerprint density at radius 3 is 2.96 bits per heavy atom. The normalized spacial score (nSPS) is 19.0. The van der Waals surface area contributed by atoms with Crippen LogP contribution in [0.1, 0.15) is 47.7 Å². The Morgan fingerprint density at radius 1 is 1.29 bits per heavy atom. The van der Waals surface area contributed by atoms with Crippen LogP contribution in [-0.4, -0.2) is 34.1 Å². The number of pyridine rings is 1. The first-order valence-electron chi connectivity index (χ1n) is 9.84. The Kier molecular flexibility index (Phi) is 5.65. The topological polar surface area (TPSA) is 65.5 Å². The number of rotatable bonds is 6. The van der Waals surface area contributed by atoms with Crippen molar-refractivity contribution >= 4 is 17.6 Å². The molecule has 1 aromatic carbocycles. The van der Waals surface area contributed by atoms with Crippen LogP contribution in [0.25, 0.3) is 11.6 Å². The average Bonchev–Trinajstić information content (AvgIpc) is 3.37. The summed E-state index contributed by atoms with van der Waals surface area (Å²) in [6.45, 7) is 2.19. The van der Waals surface area contributed by atoms with Gasteiger partial charge in [0.25, 0.3) is 5.91 Å². The van der Waals surface area contributed by atoms with Crippen molar-refractivity contribution in [3.8, 4) is 0 Å². The van der Waals surface area contributed by atoms with Crippen molar-refractivity contribution < 1.29 is 10.0 Å². The molecule has 5 heteroatoms. The zero-order chi connectivity index (χ0) is 19.3. The van der Waals surface area contributed by atoms with Gasteiger partial charge in [-0.15, -0.1) is 0 Å². The second kappa shape index (κ2) is 8.50. The smallest absolute Gasteiger partial charge is 0.267 e. The maximum Gasteiger partial charge on any atom is 0.267 e. The Hall–Kier alpha value is -2.76. The lowest BCUT2D eigenvalue weighted by atomic mass is 10.0. The Morgan fingerprint density at radius 2 is 2.14 bits per heavy atom. The molecule has 1 amide bonds. The highest BCUT2D eigenvalue weighted by Crippen LogP contribution is 2.34. The van der Waals surface area contributed by atoms with Crippen LogP contribution in [0, 0.1) is 0 Å². The Labute approximate surface area is 165 Å². The first-order chi connectivity index (χ1) is 13.7. The number of amides is 1. The van der Waals surface area contributed by atoms with Crippen molar-refractivity contribution in [1.29, 1.82) is 0 Å². The summed E-state index contributed by atoms with van der Waals surface area (Å²) in [6.07, 6.45) is 11.6. The number of hydrogen-bond acceptors (Lipinski definition) is 4. The van der Waals surface area contributed by atoms with Crippen molar-refractivity contribution in [2.45, 2.75) is 31.7 Å². The lowest BCUT2D eigenvalue weighted by Crippen LogP contribution is -2.24. The van der Waals surface area contributed by atoms with E-state index in [9.17, 15) is 4.79 Å². The van der Waals surface area contributed by atoms with E-state index in [-0.39, 0.29) is 0 Å². The van der Waals surface area contributed by atoms with Gasteiger partial charge in [0, 0.05) is 31.3 Å². The van der Waals surface area contributed by atoms with Crippen molar-refractivity contribution in [1.82, 2.24) is 15.4 Å². The molecule has 1 atom stereocenters. The van der Waals surface area contributed by atoms with E-state index in [0.717, 1.165) is 31.5 Å². The van der Waals surface area contributed by atoms with Gasteiger partial charge in [-0.3, -0.25) is 19.9 Å². The molecule has 1 aliphatic heterocycles. The number of fused-ring (bicyclic) bond motifs is 1. The fraction of sp³-hybridized carbons (Fsp3) is 0.304. The number of carbonyl (C=O) groups excluding carboxylic acids is 1. The van der Waals surface area contributed by atoms with Crippen LogP contribution in [0.3, 0.4) is 0 Å². The van der Waals surface area contributed by atoms with E-state index < -0.39 is 5.91 Å². The molecule has 2 N–H and O–H groups in total. The molecular formula is C23H25N3O2. The van der Waals surface area contributed by atoms with Crippen LogP contribution in [-0.2, 0) is 11.2 Å². The minimum Gasteiger partial charge on any atom is -0.296 e. The van der Waals surface area contributed by atoms with E-state index in [1.54, 1.807) is 11.6 Å². The van der Waals surface area contributed by atoms with Gasteiger partial charge >= 0.3 is 0 Å². The molecule has 28 heavy (non-hydrogen) atoms. The number of aromatic nitrogens is 1. The van der Waals surface area contributed by atoms with E-state index in [1.807, 2.05) is 24.4 Å². The summed E-state index contributed by atoms with van der Waals surface area (Å²) in [5.74, 6) is -0.524. The van der Waals surface area contributed by atoms with E-state index in [2.05, 4.69) is 34.2 Å². The predicted octanol–water partition coefficient (Wildman–Crippen LogP) is 3.77. The Balaban J connectivity index is 1.39. The summed E-state index contributed by atoms with van der Waals surface area (Å²) >= 11 is 0. The lowest BCUT2D eigenvalue weighted by molar-refractivity contribution is -0.124. The maximum absolute atomic E-state index is 11.1. The fourth-order valence-corrected chi connectivity index (χ4v) is 4.23. The highest BCUT2D eigenvalue weighted by atomic mass is 16.5. The van der Waals surface area contributed by atoms with Crippen LogP contribution in [0.15, 0.2) is 54.7 Å². The zero-order valence-corrected chi connectivity index (χ0v) is 15.8. The minimum absolute atomic E-state index is 0.453. The van der Waals surface area contributed by atoms with Gasteiger partial charge in [0.2, 0.25) is 0 Å². The first kappa shape index (κ1) is 18.6. The van der Waals surface area contributed by atoms with E-state index in [1.165, 1.54) is 41.3 Å². The number of likely N-dealkylation sites (tertiary alicyclic amines) is 1. The highest BCUT2D eigenvalue weighted by molar-refractivity contribution is 5.90. The molecule has 0 unspecified atom stereocenters. The second-order valence-corrected chi connectivity index (χ2v) is 7.35. The monoisotopic (exact) mass is 375 g/mol. The number of nitrogens with zero attached hydrogens (tertiary/aromatic N) is 2. The molecule has 2 heterocycles. The maximum atomic E-state index is 11.1. The fourth-order valence-electron chi connectivity index (χ4n) is 4.23.